The molecular formula is C17H28N2. The molecule has 1 aromatic heterocycles. The molecule has 3 rings (SSSR count). The molecule has 0 radical (unpaired) electrons. The van der Waals surface area contributed by atoms with E-state index in [9.17, 15) is 0 Å². The van der Waals surface area contributed by atoms with E-state index in [1.54, 1.807) is 0 Å². The van der Waals surface area contributed by atoms with Gasteiger partial charge in [0.15, 0.2) is 0 Å². The van der Waals surface area contributed by atoms with Crippen LogP contribution in [0.1, 0.15) is 76.7 Å². The van der Waals surface area contributed by atoms with Crippen molar-refractivity contribution in [2.24, 2.45) is 16.6 Å². The van der Waals surface area contributed by atoms with Crippen LogP contribution in [0.25, 0.3) is 0 Å². The number of nitrogens with zero attached hydrogens (tertiary/aromatic N) is 1. The predicted octanol–water partition coefficient (Wildman–Crippen LogP) is 4.21. The Hall–Kier alpha value is -0.760. The minimum atomic E-state index is 0.231. The minimum absolute atomic E-state index is 0.231. The molecule has 0 amide bonds. The van der Waals surface area contributed by atoms with Crippen LogP contribution in [0.2, 0.25) is 0 Å². The van der Waals surface area contributed by atoms with Crippen molar-refractivity contribution >= 4 is 0 Å². The highest BCUT2D eigenvalue weighted by molar-refractivity contribution is 5.31. The zero-order valence-electron chi connectivity index (χ0n) is 12.9. The summed E-state index contributed by atoms with van der Waals surface area (Å²) in [6, 6.07) is 3.20. The Labute approximate surface area is 117 Å². The quantitative estimate of drug-likeness (QED) is 0.805. The molecule has 2 heteroatoms. The van der Waals surface area contributed by atoms with Crippen LogP contribution in [-0.4, -0.2) is 4.57 Å². The first kappa shape index (κ1) is 13.2. The maximum absolute atomic E-state index is 6.37. The van der Waals surface area contributed by atoms with Gasteiger partial charge in [0.25, 0.3) is 0 Å². The number of hydrogen-bond acceptors (Lipinski definition) is 1. The third kappa shape index (κ3) is 2.35. The number of hydrogen-bond donors (Lipinski definition) is 1. The molecule has 1 heterocycles. The van der Waals surface area contributed by atoms with Crippen LogP contribution in [-0.2, 0) is 6.42 Å². The van der Waals surface area contributed by atoms with Crippen molar-refractivity contribution < 1.29 is 0 Å². The average Bonchev–Trinajstić information content (AvgIpc) is 2.79. The molecule has 1 aromatic rings. The fourth-order valence-corrected chi connectivity index (χ4v) is 4.24. The van der Waals surface area contributed by atoms with Crippen molar-refractivity contribution in [2.75, 3.05) is 0 Å². The first-order chi connectivity index (χ1) is 8.77. The van der Waals surface area contributed by atoms with Gasteiger partial charge in [0.05, 0.1) is 0 Å². The van der Waals surface area contributed by atoms with Gasteiger partial charge in [0, 0.05) is 24.0 Å². The third-order valence-corrected chi connectivity index (χ3v) is 5.21. The lowest BCUT2D eigenvalue weighted by Crippen LogP contribution is -2.31. The smallest absolute Gasteiger partial charge is 0.0338 e. The Morgan fingerprint density at radius 1 is 1.16 bits per heavy atom. The average molecular weight is 260 g/mol. The van der Waals surface area contributed by atoms with Gasteiger partial charge in [0.2, 0.25) is 0 Å². The van der Waals surface area contributed by atoms with E-state index >= 15 is 0 Å². The first-order valence-electron chi connectivity index (χ1n) is 7.73. The lowest BCUT2D eigenvalue weighted by atomic mass is 9.74. The highest BCUT2D eigenvalue weighted by atomic mass is 15.0. The first-order valence-corrected chi connectivity index (χ1v) is 7.73. The summed E-state index contributed by atoms with van der Waals surface area (Å²) in [6.45, 7) is 9.51. The molecule has 2 atom stereocenters. The molecular weight excluding hydrogens is 232 g/mol. The normalized spacial score (nSPS) is 32.3. The van der Waals surface area contributed by atoms with E-state index in [0.29, 0.717) is 16.9 Å². The summed E-state index contributed by atoms with van der Waals surface area (Å²) in [5, 5.41) is 0. The van der Waals surface area contributed by atoms with Gasteiger partial charge in [-0.05, 0) is 54.6 Å². The second-order valence-electron chi connectivity index (χ2n) is 8.34. The van der Waals surface area contributed by atoms with E-state index in [1.165, 1.54) is 36.9 Å². The second-order valence-corrected chi connectivity index (χ2v) is 8.34. The second kappa shape index (κ2) is 4.12. The van der Waals surface area contributed by atoms with E-state index in [-0.39, 0.29) is 6.04 Å². The summed E-state index contributed by atoms with van der Waals surface area (Å²) >= 11 is 0. The summed E-state index contributed by atoms with van der Waals surface area (Å²) in [5.74, 6) is 0. The summed E-state index contributed by atoms with van der Waals surface area (Å²) in [7, 11) is 0. The SMILES string of the molecule is CC1(C)Cc2c(ccn2C2CCC(C)(C)C2)C(N)C1. The van der Waals surface area contributed by atoms with Gasteiger partial charge < -0.3 is 10.3 Å². The van der Waals surface area contributed by atoms with Gasteiger partial charge in [-0.25, -0.2) is 0 Å². The monoisotopic (exact) mass is 260 g/mol. The molecule has 19 heavy (non-hydrogen) atoms. The molecule has 1 fully saturated rings. The summed E-state index contributed by atoms with van der Waals surface area (Å²) in [5.41, 5.74) is 10.2. The van der Waals surface area contributed by atoms with Gasteiger partial charge in [-0.3, -0.25) is 0 Å². The molecule has 0 bridgehead atoms. The molecule has 0 aliphatic heterocycles. The molecule has 2 N–H and O–H groups in total. The summed E-state index contributed by atoms with van der Waals surface area (Å²) in [4.78, 5) is 0. The van der Waals surface area contributed by atoms with Gasteiger partial charge in [0.1, 0.15) is 0 Å². The van der Waals surface area contributed by atoms with Crippen LogP contribution in [0.3, 0.4) is 0 Å². The molecule has 0 spiro atoms. The van der Waals surface area contributed by atoms with E-state index < -0.39 is 0 Å². The maximum atomic E-state index is 6.37. The lowest BCUT2D eigenvalue weighted by Gasteiger charge is -2.35. The van der Waals surface area contributed by atoms with E-state index in [1.807, 2.05) is 0 Å². The Morgan fingerprint density at radius 3 is 2.53 bits per heavy atom. The minimum Gasteiger partial charge on any atom is -0.348 e. The highest BCUT2D eigenvalue weighted by Crippen LogP contribution is 2.47. The van der Waals surface area contributed by atoms with Gasteiger partial charge in [-0.15, -0.1) is 0 Å². The molecule has 1 saturated carbocycles. The molecule has 2 aliphatic carbocycles. The van der Waals surface area contributed by atoms with Crippen molar-refractivity contribution in [3.63, 3.8) is 0 Å². The fraction of sp³-hybridized carbons (Fsp3) is 0.765. The van der Waals surface area contributed by atoms with Crippen LogP contribution in [0, 0.1) is 10.8 Å². The third-order valence-electron chi connectivity index (χ3n) is 5.21. The van der Waals surface area contributed by atoms with Crippen molar-refractivity contribution in [1.29, 1.82) is 0 Å². The number of aromatic nitrogens is 1. The van der Waals surface area contributed by atoms with Crippen molar-refractivity contribution in [1.82, 2.24) is 4.57 Å². The zero-order chi connectivity index (χ0) is 13.8. The zero-order valence-corrected chi connectivity index (χ0v) is 12.9. The summed E-state index contributed by atoms with van der Waals surface area (Å²) < 4.78 is 2.56. The number of nitrogens with two attached hydrogens (primary N) is 1. The molecule has 106 valence electrons. The lowest BCUT2D eigenvalue weighted by molar-refractivity contribution is 0.269. The Balaban J connectivity index is 1.93. The number of fused-ring (bicyclic) bond motifs is 1. The molecule has 0 saturated heterocycles. The summed E-state index contributed by atoms with van der Waals surface area (Å²) in [6.07, 6.45) is 8.58. The van der Waals surface area contributed by atoms with Crippen LogP contribution in [0.5, 0.6) is 0 Å². The largest absolute Gasteiger partial charge is 0.348 e. The van der Waals surface area contributed by atoms with Crippen LogP contribution in [0.4, 0.5) is 0 Å². The van der Waals surface area contributed by atoms with Crippen molar-refractivity contribution in [3.05, 3.63) is 23.5 Å². The van der Waals surface area contributed by atoms with Crippen molar-refractivity contribution in [3.8, 4) is 0 Å². The van der Waals surface area contributed by atoms with Gasteiger partial charge in [-0.2, -0.15) is 0 Å². The highest BCUT2D eigenvalue weighted by Gasteiger charge is 2.37. The van der Waals surface area contributed by atoms with Gasteiger partial charge >= 0.3 is 0 Å². The van der Waals surface area contributed by atoms with Gasteiger partial charge in [-0.1, -0.05) is 27.7 Å². The molecule has 2 unspecified atom stereocenters. The van der Waals surface area contributed by atoms with Crippen LogP contribution >= 0.6 is 0 Å². The standard InChI is InChI=1S/C17H28N2/c1-16(2)7-5-12(9-16)19-8-6-13-14(18)10-17(3,4)11-15(13)19/h6,8,12,14H,5,7,9-11,18H2,1-4H3. The predicted molar refractivity (Wildman–Crippen MR) is 80.1 cm³/mol. The maximum Gasteiger partial charge on any atom is 0.0338 e. The molecule has 0 aromatic carbocycles. The Bertz CT molecular complexity index is 481. The van der Waals surface area contributed by atoms with Crippen molar-refractivity contribution in [2.45, 2.75) is 71.9 Å². The Morgan fingerprint density at radius 2 is 1.89 bits per heavy atom. The van der Waals surface area contributed by atoms with Crippen LogP contribution < -0.4 is 5.73 Å². The number of rotatable bonds is 1. The topological polar surface area (TPSA) is 30.9 Å². The van der Waals surface area contributed by atoms with E-state index in [0.717, 1.165) is 6.42 Å². The molecule has 2 nitrogen and oxygen atoms in total. The van der Waals surface area contributed by atoms with Crippen LogP contribution in [0.15, 0.2) is 12.3 Å². The Kier molecular flexibility index (Phi) is 2.87. The van der Waals surface area contributed by atoms with E-state index in [4.69, 9.17) is 5.73 Å². The fourth-order valence-electron chi connectivity index (χ4n) is 4.24. The van der Waals surface area contributed by atoms with E-state index in [2.05, 4.69) is 44.5 Å². The molecule has 2 aliphatic rings.